The van der Waals surface area contributed by atoms with Crippen LogP contribution in [-0.2, 0) is 50.8 Å². The van der Waals surface area contributed by atoms with E-state index >= 15 is 0 Å². The van der Waals surface area contributed by atoms with E-state index in [4.69, 9.17) is 35.1 Å². The summed E-state index contributed by atoms with van der Waals surface area (Å²) >= 11 is 6.77. The minimum atomic E-state index is -1.87. The molecule has 1 aliphatic heterocycles. The topological polar surface area (TPSA) is 66.4 Å². The largest absolute Gasteiger partial charge is 0.494 e. The first-order valence-corrected chi connectivity index (χ1v) is 18.4. The zero-order chi connectivity index (χ0) is 34.1. The molecule has 1 heterocycles. The second-order valence-electron chi connectivity index (χ2n) is 12.0. The molecule has 8 heteroatoms. The second-order valence-corrected chi connectivity index (χ2v) is 14.6. The van der Waals surface area contributed by atoms with Gasteiger partial charge in [0.1, 0.15) is 23.5 Å². The zero-order valence-corrected chi connectivity index (χ0v) is 29.4. The Balaban J connectivity index is 1.35. The summed E-state index contributed by atoms with van der Waals surface area (Å²) in [6, 6.07) is 43.4. The number of benzene rings is 5. The van der Waals surface area contributed by atoms with E-state index in [0.29, 0.717) is 36.8 Å². The van der Waals surface area contributed by atoms with Crippen LogP contribution in [0.4, 0.5) is 0 Å². The van der Waals surface area contributed by atoms with Gasteiger partial charge in [-0.2, -0.15) is 0 Å². The Morgan fingerprint density at radius 1 is 0.714 bits per heavy atom. The van der Waals surface area contributed by atoms with Gasteiger partial charge >= 0.3 is 0 Å². The molecule has 0 aliphatic carbocycles. The molecule has 1 fully saturated rings. The third-order valence-electron chi connectivity index (χ3n) is 8.45. The lowest BCUT2D eigenvalue weighted by molar-refractivity contribution is -0.309. The molecule has 1 aliphatic rings. The lowest BCUT2D eigenvalue weighted by Gasteiger charge is -2.49. The predicted octanol–water partition coefficient (Wildman–Crippen LogP) is 9.59. The molecule has 5 aromatic rings. The van der Waals surface area contributed by atoms with E-state index in [-0.39, 0.29) is 6.61 Å². The minimum absolute atomic E-state index is 0.241. The van der Waals surface area contributed by atoms with Crippen LogP contribution in [0.25, 0.3) is 0 Å². The van der Waals surface area contributed by atoms with E-state index in [0.717, 1.165) is 33.6 Å². The molecule has 6 rings (SSSR count). The van der Waals surface area contributed by atoms with Crippen molar-refractivity contribution in [1.29, 1.82) is 0 Å². The molecule has 254 valence electrons. The highest BCUT2D eigenvalue weighted by atomic mass is 35.5. The van der Waals surface area contributed by atoms with Gasteiger partial charge in [0.05, 0.1) is 34.6 Å². The van der Waals surface area contributed by atoms with Gasteiger partial charge in [0.25, 0.3) is 0 Å². The fraction of sp³-hybridized carbons (Fsp3) is 0.268. The number of rotatable bonds is 14. The Kier molecular flexibility index (Phi) is 12.1. The van der Waals surface area contributed by atoms with Crippen molar-refractivity contribution >= 4 is 19.7 Å². The third kappa shape index (κ3) is 8.97. The van der Waals surface area contributed by atoms with E-state index in [2.05, 4.69) is 0 Å². The molecule has 5 atom stereocenters. The van der Waals surface area contributed by atoms with Crippen LogP contribution in [0.5, 0.6) is 5.75 Å². The summed E-state index contributed by atoms with van der Waals surface area (Å²) in [5, 5.41) is 13.4. The fourth-order valence-corrected chi connectivity index (χ4v) is 8.24. The monoisotopic (exact) mass is 696 g/mol. The average Bonchev–Trinajstić information content (AvgIpc) is 3.13. The van der Waals surface area contributed by atoms with Crippen molar-refractivity contribution in [3.8, 4) is 5.75 Å². The summed E-state index contributed by atoms with van der Waals surface area (Å²) in [4.78, 5) is 0. The lowest BCUT2D eigenvalue weighted by Crippen LogP contribution is -2.56. The highest BCUT2D eigenvalue weighted by molar-refractivity contribution is 7.53. The normalized spacial score (nSPS) is 22.1. The molecule has 0 saturated carbocycles. The molecule has 1 saturated heterocycles. The molecule has 0 radical (unpaired) electrons. The number of ether oxygens (including phenoxy) is 4. The first-order valence-electron chi connectivity index (χ1n) is 16.6. The summed E-state index contributed by atoms with van der Waals surface area (Å²) in [7, 11) is -1.41. The van der Waals surface area contributed by atoms with Crippen molar-refractivity contribution in [2.75, 3.05) is 6.61 Å². The van der Waals surface area contributed by atoms with E-state index in [1.54, 1.807) is 0 Å². The van der Waals surface area contributed by atoms with E-state index in [1.807, 2.05) is 147 Å². The molecule has 0 bridgehead atoms. The minimum Gasteiger partial charge on any atom is -0.494 e. The van der Waals surface area contributed by atoms with E-state index in [1.165, 1.54) is 0 Å². The van der Waals surface area contributed by atoms with Gasteiger partial charge in [0.15, 0.2) is 0 Å². The Bertz CT molecular complexity index is 1740. The third-order valence-corrected chi connectivity index (χ3v) is 11.0. The Labute approximate surface area is 295 Å². The van der Waals surface area contributed by atoms with Gasteiger partial charge in [-0.3, -0.25) is 0 Å². The van der Waals surface area contributed by atoms with Crippen molar-refractivity contribution in [2.45, 2.75) is 63.7 Å². The predicted molar refractivity (Wildman–Crippen MR) is 195 cm³/mol. The summed E-state index contributed by atoms with van der Waals surface area (Å²) in [5.74, 6) is -2.19. The number of hydrogen-bond acceptors (Lipinski definition) is 6. The summed E-state index contributed by atoms with van der Waals surface area (Å²) in [6.45, 7) is 5.44. The molecule has 5 aromatic carbocycles. The molecular weight excluding hydrogens is 655 g/mol. The zero-order valence-electron chi connectivity index (χ0n) is 27.8. The van der Waals surface area contributed by atoms with Crippen LogP contribution in [0.3, 0.4) is 0 Å². The number of hydrogen-bond donors (Lipinski definition) is 1. The summed E-state index contributed by atoms with van der Waals surface area (Å²) in [5.41, 5.74) is 5.46. The van der Waals surface area contributed by atoms with Gasteiger partial charge in [-0.15, -0.1) is 0 Å². The Morgan fingerprint density at radius 3 is 1.88 bits per heavy atom. The molecule has 49 heavy (non-hydrogen) atoms. The molecule has 1 N–H and O–H groups in total. The molecule has 0 spiro atoms. The van der Waals surface area contributed by atoms with Crippen LogP contribution in [0.1, 0.15) is 47.2 Å². The number of aliphatic hydroxyl groups is 1. The summed E-state index contributed by atoms with van der Waals surface area (Å²) < 4.78 is 32.3. The van der Waals surface area contributed by atoms with E-state index < -0.39 is 31.7 Å². The van der Waals surface area contributed by atoms with Gasteiger partial charge in [-0.05, 0) is 72.4 Å². The first kappa shape index (κ1) is 35.3. The van der Waals surface area contributed by atoms with Gasteiger partial charge < -0.3 is 28.6 Å². The smallest absolute Gasteiger partial charge is 0.223 e. The Morgan fingerprint density at radius 2 is 1.29 bits per heavy atom. The van der Waals surface area contributed by atoms with Crippen LogP contribution >= 0.6 is 19.7 Å². The first-order chi connectivity index (χ1) is 23.9. The maximum absolute atomic E-state index is 12.8. The van der Waals surface area contributed by atoms with Gasteiger partial charge in [-0.25, -0.2) is 0 Å². The maximum atomic E-state index is 12.8. The van der Waals surface area contributed by atoms with Crippen molar-refractivity contribution < 1.29 is 28.6 Å². The fourth-order valence-electron chi connectivity index (χ4n) is 5.94. The lowest BCUT2D eigenvalue weighted by atomic mass is 9.95. The SMILES string of the molecule is CCOc1ccc(Cc2cc(C3(O)OC(C)P(OCc4ccccc4)C(OCc4ccccc4)C3OCc3ccccc3)ccc2Cl)cc1. The quantitative estimate of drug-likeness (QED) is 0.117. The highest BCUT2D eigenvalue weighted by Gasteiger charge is 2.56. The van der Waals surface area contributed by atoms with Crippen LogP contribution in [0.15, 0.2) is 133 Å². The highest BCUT2D eigenvalue weighted by Crippen LogP contribution is 2.59. The molecule has 6 nitrogen and oxygen atoms in total. The molecule has 0 aromatic heterocycles. The molecule has 5 unspecified atom stereocenters. The standard InChI is InChI=1S/C41H42ClO6P/c1-3-44-37-22-19-31(20-23-37)25-35-26-36(21-24-38(35)42)41(43)39(45-27-32-13-7-4-8-14-32)40(46-28-33-15-9-5-10-16-33)49(30(2)48-41)47-29-34-17-11-6-12-18-34/h4-24,26,30,39-40,43H,3,25,27-29H2,1-2H3. The maximum Gasteiger partial charge on any atom is 0.223 e. The molecular formula is C41H42ClO6P. The summed E-state index contributed by atoms with van der Waals surface area (Å²) in [6.07, 6.45) is -0.379. The van der Waals surface area contributed by atoms with Gasteiger partial charge in [0.2, 0.25) is 5.79 Å². The van der Waals surface area contributed by atoms with Gasteiger partial charge in [0, 0.05) is 10.6 Å². The second kappa shape index (κ2) is 16.9. The van der Waals surface area contributed by atoms with Gasteiger partial charge in [-0.1, -0.05) is 121 Å². The Hall–Kier alpha value is -3.58. The van der Waals surface area contributed by atoms with Crippen molar-refractivity contribution in [2.24, 2.45) is 0 Å². The average molecular weight is 697 g/mol. The van der Waals surface area contributed by atoms with Crippen LogP contribution < -0.4 is 4.74 Å². The van der Waals surface area contributed by atoms with Crippen LogP contribution in [0.2, 0.25) is 5.02 Å². The van der Waals surface area contributed by atoms with Crippen LogP contribution in [-0.4, -0.2) is 29.5 Å². The number of halogens is 1. The van der Waals surface area contributed by atoms with Crippen molar-refractivity contribution in [3.05, 3.63) is 172 Å². The molecule has 0 amide bonds. The van der Waals surface area contributed by atoms with E-state index in [9.17, 15) is 5.11 Å². The van der Waals surface area contributed by atoms with Crippen LogP contribution in [0, 0.1) is 0 Å². The van der Waals surface area contributed by atoms with Crippen molar-refractivity contribution in [3.63, 3.8) is 0 Å². The van der Waals surface area contributed by atoms with Crippen molar-refractivity contribution in [1.82, 2.24) is 0 Å².